The summed E-state index contributed by atoms with van der Waals surface area (Å²) in [7, 11) is 1.73. The minimum atomic E-state index is -0.323. The van der Waals surface area contributed by atoms with Crippen LogP contribution in [-0.2, 0) is 13.5 Å². The van der Waals surface area contributed by atoms with E-state index < -0.39 is 0 Å². The van der Waals surface area contributed by atoms with Gasteiger partial charge in [-0.2, -0.15) is 5.10 Å². The molecule has 100 valence electrons. The Hall–Kier alpha value is -2.56. The molecule has 0 aliphatic rings. The number of halogens is 1. The second-order valence-corrected chi connectivity index (χ2v) is 4.54. The van der Waals surface area contributed by atoms with Crippen molar-refractivity contribution in [2.24, 2.45) is 7.05 Å². The van der Waals surface area contributed by atoms with E-state index in [0.717, 1.165) is 0 Å². The smallest absolute Gasteiger partial charge is 0.171 e. The summed E-state index contributed by atoms with van der Waals surface area (Å²) in [5.41, 5.74) is 0.505. The predicted octanol–water partition coefficient (Wildman–Crippen LogP) is 2.53. The Morgan fingerprint density at radius 3 is 2.65 bits per heavy atom. The SMILES string of the molecule is Cn1ncnc1CC(=O)c1ccc(F)c2ccccc12. The summed E-state index contributed by atoms with van der Waals surface area (Å²) >= 11 is 0. The van der Waals surface area contributed by atoms with Gasteiger partial charge in [0.25, 0.3) is 0 Å². The van der Waals surface area contributed by atoms with Gasteiger partial charge in [-0.05, 0) is 17.5 Å². The molecule has 1 aromatic heterocycles. The van der Waals surface area contributed by atoms with E-state index in [0.29, 0.717) is 22.2 Å². The average Bonchev–Trinajstić information content (AvgIpc) is 2.85. The molecule has 0 bridgehead atoms. The van der Waals surface area contributed by atoms with Crippen LogP contribution < -0.4 is 0 Å². The molecule has 0 unspecified atom stereocenters. The van der Waals surface area contributed by atoms with Crippen LogP contribution in [0.25, 0.3) is 10.8 Å². The number of fused-ring (bicyclic) bond motifs is 1. The molecule has 0 aliphatic carbocycles. The van der Waals surface area contributed by atoms with Crippen molar-refractivity contribution in [1.82, 2.24) is 14.8 Å². The van der Waals surface area contributed by atoms with Gasteiger partial charge in [-0.1, -0.05) is 24.3 Å². The summed E-state index contributed by atoms with van der Waals surface area (Å²) in [5.74, 6) is 0.163. The molecule has 4 nitrogen and oxygen atoms in total. The average molecular weight is 269 g/mol. The molecule has 0 radical (unpaired) electrons. The van der Waals surface area contributed by atoms with Crippen LogP contribution in [0.2, 0.25) is 0 Å². The third kappa shape index (κ3) is 2.07. The molecule has 0 atom stereocenters. The third-order valence-corrected chi connectivity index (χ3v) is 3.30. The van der Waals surface area contributed by atoms with Crippen molar-refractivity contribution < 1.29 is 9.18 Å². The summed E-state index contributed by atoms with van der Waals surface area (Å²) in [6.07, 6.45) is 1.55. The molecule has 20 heavy (non-hydrogen) atoms. The molecular formula is C15H12FN3O. The second kappa shape index (κ2) is 4.85. The monoisotopic (exact) mass is 269 g/mol. The van der Waals surface area contributed by atoms with Crippen LogP contribution >= 0.6 is 0 Å². The molecule has 5 heteroatoms. The molecule has 0 spiro atoms. The van der Waals surface area contributed by atoms with E-state index in [4.69, 9.17) is 0 Å². The van der Waals surface area contributed by atoms with Crippen LogP contribution in [0.4, 0.5) is 4.39 Å². The molecule has 0 amide bonds. The first-order valence-corrected chi connectivity index (χ1v) is 6.20. The molecule has 3 aromatic rings. The van der Waals surface area contributed by atoms with Crippen molar-refractivity contribution in [2.45, 2.75) is 6.42 Å². The number of aryl methyl sites for hydroxylation is 1. The van der Waals surface area contributed by atoms with E-state index in [1.807, 2.05) is 0 Å². The van der Waals surface area contributed by atoms with Crippen molar-refractivity contribution in [3.63, 3.8) is 0 Å². The number of aromatic nitrogens is 3. The van der Waals surface area contributed by atoms with E-state index in [1.165, 1.54) is 18.5 Å². The fourth-order valence-electron chi connectivity index (χ4n) is 2.22. The maximum atomic E-state index is 13.7. The molecule has 0 saturated carbocycles. The van der Waals surface area contributed by atoms with Crippen LogP contribution in [0.5, 0.6) is 0 Å². The zero-order valence-corrected chi connectivity index (χ0v) is 10.9. The van der Waals surface area contributed by atoms with Gasteiger partial charge in [0.2, 0.25) is 0 Å². The molecule has 3 rings (SSSR count). The first kappa shape index (κ1) is 12.5. The lowest BCUT2D eigenvalue weighted by Crippen LogP contribution is -2.09. The lowest BCUT2D eigenvalue weighted by Gasteiger charge is -2.06. The van der Waals surface area contributed by atoms with E-state index in [-0.39, 0.29) is 18.0 Å². The van der Waals surface area contributed by atoms with Gasteiger partial charge < -0.3 is 0 Å². The lowest BCUT2D eigenvalue weighted by molar-refractivity contribution is 0.0991. The first-order valence-electron chi connectivity index (χ1n) is 6.20. The van der Waals surface area contributed by atoms with Gasteiger partial charge in [0.1, 0.15) is 18.0 Å². The van der Waals surface area contributed by atoms with Crippen molar-refractivity contribution >= 4 is 16.6 Å². The number of hydrogen-bond donors (Lipinski definition) is 0. The maximum Gasteiger partial charge on any atom is 0.171 e. The first-order chi connectivity index (χ1) is 9.66. The van der Waals surface area contributed by atoms with Crippen LogP contribution in [0, 0.1) is 5.82 Å². The predicted molar refractivity (Wildman–Crippen MR) is 72.9 cm³/mol. The Morgan fingerprint density at radius 2 is 1.95 bits per heavy atom. The van der Waals surface area contributed by atoms with E-state index >= 15 is 0 Å². The fraction of sp³-hybridized carbons (Fsp3) is 0.133. The minimum Gasteiger partial charge on any atom is -0.294 e. The Kier molecular flexibility index (Phi) is 3.02. The molecular weight excluding hydrogens is 257 g/mol. The lowest BCUT2D eigenvalue weighted by atomic mass is 9.99. The highest BCUT2D eigenvalue weighted by atomic mass is 19.1. The molecule has 0 fully saturated rings. The van der Waals surface area contributed by atoms with Gasteiger partial charge >= 0.3 is 0 Å². The summed E-state index contributed by atoms with van der Waals surface area (Å²) in [6, 6.07) is 9.82. The van der Waals surface area contributed by atoms with Gasteiger partial charge in [0.05, 0.1) is 6.42 Å². The van der Waals surface area contributed by atoms with Crippen LogP contribution in [0.1, 0.15) is 16.2 Å². The maximum absolute atomic E-state index is 13.7. The molecule has 1 heterocycles. The van der Waals surface area contributed by atoms with Gasteiger partial charge in [-0.3, -0.25) is 9.48 Å². The number of benzene rings is 2. The van der Waals surface area contributed by atoms with Gasteiger partial charge in [-0.15, -0.1) is 0 Å². The van der Waals surface area contributed by atoms with Crippen LogP contribution in [0.3, 0.4) is 0 Å². The number of ketones is 1. The molecule has 2 aromatic carbocycles. The van der Waals surface area contributed by atoms with Crippen molar-refractivity contribution in [2.75, 3.05) is 0 Å². The number of carbonyl (C=O) groups is 1. The van der Waals surface area contributed by atoms with Gasteiger partial charge in [-0.25, -0.2) is 9.37 Å². The Balaban J connectivity index is 2.04. The zero-order chi connectivity index (χ0) is 14.1. The van der Waals surface area contributed by atoms with E-state index in [2.05, 4.69) is 10.1 Å². The quantitative estimate of drug-likeness (QED) is 0.686. The molecule has 0 saturated heterocycles. The molecule has 0 N–H and O–H groups in total. The van der Waals surface area contributed by atoms with Gasteiger partial charge in [0.15, 0.2) is 5.78 Å². The third-order valence-electron chi connectivity index (χ3n) is 3.30. The highest BCUT2D eigenvalue weighted by Crippen LogP contribution is 2.22. The molecule has 0 aliphatic heterocycles. The summed E-state index contributed by atoms with van der Waals surface area (Å²) in [5, 5.41) is 5.01. The Morgan fingerprint density at radius 1 is 1.20 bits per heavy atom. The summed E-state index contributed by atoms with van der Waals surface area (Å²) in [6.45, 7) is 0. The van der Waals surface area contributed by atoms with Crippen molar-refractivity contribution in [3.05, 3.63) is 59.9 Å². The number of nitrogens with zero attached hydrogens (tertiary/aromatic N) is 3. The van der Waals surface area contributed by atoms with Crippen molar-refractivity contribution in [3.8, 4) is 0 Å². The topological polar surface area (TPSA) is 47.8 Å². The Labute approximate surface area is 114 Å². The van der Waals surface area contributed by atoms with Crippen molar-refractivity contribution in [1.29, 1.82) is 0 Å². The number of hydrogen-bond acceptors (Lipinski definition) is 3. The van der Waals surface area contributed by atoms with Crippen LogP contribution in [-0.4, -0.2) is 20.5 Å². The van der Waals surface area contributed by atoms with Crippen LogP contribution in [0.15, 0.2) is 42.7 Å². The number of carbonyl (C=O) groups excluding carboxylic acids is 1. The minimum absolute atomic E-state index is 0.0997. The Bertz CT molecular complexity index is 795. The highest BCUT2D eigenvalue weighted by Gasteiger charge is 2.15. The number of rotatable bonds is 3. The van der Waals surface area contributed by atoms with E-state index in [9.17, 15) is 9.18 Å². The summed E-state index contributed by atoms with van der Waals surface area (Å²) < 4.78 is 15.3. The standard InChI is InChI=1S/C15H12FN3O/c1-19-15(17-9-18-19)8-14(20)12-6-7-13(16)11-5-3-2-4-10(11)12/h2-7,9H,8H2,1H3. The summed E-state index contributed by atoms with van der Waals surface area (Å²) in [4.78, 5) is 16.4. The van der Waals surface area contributed by atoms with E-state index in [1.54, 1.807) is 36.0 Å². The largest absolute Gasteiger partial charge is 0.294 e. The fourth-order valence-corrected chi connectivity index (χ4v) is 2.22. The zero-order valence-electron chi connectivity index (χ0n) is 10.9. The highest BCUT2D eigenvalue weighted by molar-refractivity contribution is 6.08. The normalized spacial score (nSPS) is 10.9. The van der Waals surface area contributed by atoms with Gasteiger partial charge in [0, 0.05) is 18.0 Å². The number of Topliss-reactive ketones (excluding diaryl/α,β-unsaturated/α-hetero) is 1. The second-order valence-electron chi connectivity index (χ2n) is 4.54.